The number of likely N-dealkylation sites (tertiary alicyclic amines) is 1. The van der Waals surface area contributed by atoms with Crippen LogP contribution in [0.3, 0.4) is 0 Å². The number of para-hydroxylation sites is 1. The number of amides is 2. The molecule has 0 aliphatic carbocycles. The zero-order chi connectivity index (χ0) is 23.8. The molecule has 0 spiro atoms. The predicted molar refractivity (Wildman–Crippen MR) is 113 cm³/mol. The van der Waals surface area contributed by atoms with Crippen LogP contribution in [-0.2, 0) is 25.6 Å². The second-order valence-corrected chi connectivity index (χ2v) is 10.5. The Kier molecular flexibility index (Phi) is 6.37. The maximum Gasteiger partial charge on any atom is 0.416 e. The summed E-state index contributed by atoms with van der Waals surface area (Å²) >= 11 is 0. The number of likely N-dealkylation sites (N-methyl/N-ethyl adjacent to an activating group) is 1. The summed E-state index contributed by atoms with van der Waals surface area (Å²) in [6.07, 6.45) is -4.50. The van der Waals surface area contributed by atoms with Crippen molar-refractivity contribution in [2.75, 3.05) is 18.9 Å². The number of alkyl halides is 3. The molecular formula is C22H23F3N2O4S. The van der Waals surface area contributed by atoms with Gasteiger partial charge in [0.1, 0.15) is 5.92 Å². The molecular weight excluding hydrogens is 445 g/mol. The standard InChI is InChI=1S/C22H23F3N2O4S/c1-13(2)32(30,31)18-7-5-4-6-17(18)26-20(28)19-16(12-27(3)21(19)29)14-8-10-15(11-9-14)22(23,24)25/h4-11,13,16,19H,12H2,1-3H3,(H,26,28)/t16-,19+/m1/s1. The van der Waals surface area contributed by atoms with Crippen molar-refractivity contribution in [3.05, 3.63) is 59.7 Å². The van der Waals surface area contributed by atoms with Crippen molar-refractivity contribution >= 4 is 27.3 Å². The minimum Gasteiger partial charge on any atom is -0.344 e. The van der Waals surface area contributed by atoms with E-state index in [-0.39, 0.29) is 17.1 Å². The second-order valence-electron chi connectivity index (χ2n) is 8.00. The average Bonchev–Trinajstić information content (AvgIpc) is 3.02. The van der Waals surface area contributed by atoms with Crippen molar-refractivity contribution in [2.24, 2.45) is 5.92 Å². The summed E-state index contributed by atoms with van der Waals surface area (Å²) in [5.74, 6) is -3.08. The molecule has 0 bridgehead atoms. The molecule has 2 atom stereocenters. The molecule has 0 aromatic heterocycles. The average molecular weight is 468 g/mol. The topological polar surface area (TPSA) is 83.5 Å². The van der Waals surface area contributed by atoms with Gasteiger partial charge in [-0.15, -0.1) is 0 Å². The normalized spacial score (nSPS) is 19.5. The van der Waals surface area contributed by atoms with E-state index < -0.39 is 50.5 Å². The third-order valence-electron chi connectivity index (χ3n) is 5.54. The molecule has 172 valence electrons. The molecule has 3 rings (SSSR count). The van der Waals surface area contributed by atoms with Crippen molar-refractivity contribution in [2.45, 2.75) is 36.1 Å². The highest BCUT2D eigenvalue weighted by atomic mass is 32.2. The van der Waals surface area contributed by atoms with Gasteiger partial charge < -0.3 is 10.2 Å². The summed E-state index contributed by atoms with van der Waals surface area (Å²) in [4.78, 5) is 27.1. The minimum atomic E-state index is -4.50. The van der Waals surface area contributed by atoms with Gasteiger partial charge in [-0.3, -0.25) is 9.59 Å². The Bertz CT molecular complexity index is 1130. The molecule has 1 aliphatic rings. The molecule has 1 fully saturated rings. The van der Waals surface area contributed by atoms with Crippen LogP contribution in [0.1, 0.15) is 30.9 Å². The van der Waals surface area contributed by atoms with Crippen molar-refractivity contribution in [3.8, 4) is 0 Å². The van der Waals surface area contributed by atoms with Crippen molar-refractivity contribution < 1.29 is 31.2 Å². The number of nitrogens with one attached hydrogen (secondary N) is 1. The summed E-state index contributed by atoms with van der Waals surface area (Å²) in [7, 11) is -2.20. The fraction of sp³-hybridized carbons (Fsp3) is 0.364. The Balaban J connectivity index is 1.93. The van der Waals surface area contributed by atoms with Crippen LogP contribution >= 0.6 is 0 Å². The third-order valence-corrected chi connectivity index (χ3v) is 7.75. The first-order valence-electron chi connectivity index (χ1n) is 9.90. The molecule has 2 aromatic rings. The number of carbonyl (C=O) groups excluding carboxylic acids is 2. The lowest BCUT2D eigenvalue weighted by atomic mass is 9.87. The van der Waals surface area contributed by atoms with Gasteiger partial charge in [0.15, 0.2) is 9.84 Å². The SMILES string of the molecule is CC(C)S(=O)(=O)c1ccccc1NC(=O)[C@H]1C(=O)N(C)C[C@@H]1c1ccc(C(F)(F)F)cc1. The van der Waals surface area contributed by atoms with Gasteiger partial charge in [0.05, 0.1) is 21.4 Å². The highest BCUT2D eigenvalue weighted by Gasteiger charge is 2.44. The molecule has 0 radical (unpaired) electrons. The lowest BCUT2D eigenvalue weighted by Crippen LogP contribution is -2.33. The number of nitrogens with zero attached hydrogens (tertiary/aromatic N) is 1. The number of rotatable bonds is 5. The Morgan fingerprint density at radius 2 is 1.69 bits per heavy atom. The van der Waals surface area contributed by atoms with Crippen molar-refractivity contribution in [1.82, 2.24) is 4.90 Å². The molecule has 1 saturated heterocycles. The van der Waals surface area contributed by atoms with E-state index in [0.29, 0.717) is 5.56 Å². The highest BCUT2D eigenvalue weighted by Crippen LogP contribution is 2.36. The summed E-state index contributed by atoms with van der Waals surface area (Å²) < 4.78 is 64.0. The summed E-state index contributed by atoms with van der Waals surface area (Å²) in [6, 6.07) is 10.3. The van der Waals surface area contributed by atoms with Crippen LogP contribution in [0.5, 0.6) is 0 Å². The smallest absolute Gasteiger partial charge is 0.344 e. The van der Waals surface area contributed by atoms with E-state index in [0.717, 1.165) is 12.1 Å². The number of benzene rings is 2. The molecule has 6 nitrogen and oxygen atoms in total. The van der Waals surface area contributed by atoms with Gasteiger partial charge >= 0.3 is 6.18 Å². The molecule has 0 unspecified atom stereocenters. The Labute approximate surface area is 184 Å². The van der Waals surface area contributed by atoms with E-state index in [2.05, 4.69) is 5.32 Å². The molecule has 2 aromatic carbocycles. The van der Waals surface area contributed by atoms with Crippen LogP contribution in [0.15, 0.2) is 53.4 Å². The molecule has 1 aliphatic heterocycles. The van der Waals surface area contributed by atoms with Crippen LogP contribution in [-0.4, -0.2) is 44.0 Å². The fourth-order valence-electron chi connectivity index (χ4n) is 3.69. The molecule has 0 saturated carbocycles. The largest absolute Gasteiger partial charge is 0.416 e. The van der Waals surface area contributed by atoms with Gasteiger partial charge in [-0.2, -0.15) is 13.2 Å². The van der Waals surface area contributed by atoms with Crippen LogP contribution in [0.25, 0.3) is 0 Å². The van der Waals surface area contributed by atoms with Crippen LogP contribution in [0.4, 0.5) is 18.9 Å². The van der Waals surface area contributed by atoms with E-state index in [1.54, 1.807) is 6.07 Å². The van der Waals surface area contributed by atoms with E-state index in [1.807, 2.05) is 0 Å². The van der Waals surface area contributed by atoms with E-state index in [9.17, 15) is 31.2 Å². The maximum atomic E-state index is 13.1. The number of hydrogen-bond acceptors (Lipinski definition) is 4. The number of halogens is 3. The quantitative estimate of drug-likeness (QED) is 0.679. The predicted octanol–water partition coefficient (Wildman–Crippen LogP) is 3.70. The number of hydrogen-bond donors (Lipinski definition) is 1. The third kappa shape index (κ3) is 4.50. The zero-order valence-corrected chi connectivity index (χ0v) is 18.5. The lowest BCUT2D eigenvalue weighted by Gasteiger charge is -2.19. The number of carbonyl (C=O) groups is 2. The Hall–Kier alpha value is -2.88. The fourth-order valence-corrected chi connectivity index (χ4v) is 4.90. The molecule has 32 heavy (non-hydrogen) atoms. The van der Waals surface area contributed by atoms with Gasteiger partial charge in [0.2, 0.25) is 11.8 Å². The van der Waals surface area contributed by atoms with Gasteiger partial charge in [0.25, 0.3) is 0 Å². The monoisotopic (exact) mass is 468 g/mol. The second kappa shape index (κ2) is 8.57. The summed E-state index contributed by atoms with van der Waals surface area (Å²) in [5, 5.41) is 1.83. The zero-order valence-electron chi connectivity index (χ0n) is 17.7. The molecule has 10 heteroatoms. The lowest BCUT2D eigenvalue weighted by molar-refractivity contribution is -0.138. The summed E-state index contributed by atoms with van der Waals surface area (Å²) in [5.41, 5.74) is -0.355. The first kappa shape index (κ1) is 23.8. The Morgan fingerprint density at radius 1 is 1.09 bits per heavy atom. The number of anilines is 1. The van der Waals surface area contributed by atoms with Crippen LogP contribution in [0, 0.1) is 5.92 Å². The van der Waals surface area contributed by atoms with Crippen molar-refractivity contribution in [1.29, 1.82) is 0 Å². The van der Waals surface area contributed by atoms with Crippen molar-refractivity contribution in [3.63, 3.8) is 0 Å². The summed E-state index contributed by atoms with van der Waals surface area (Å²) in [6.45, 7) is 3.18. The van der Waals surface area contributed by atoms with Gasteiger partial charge in [-0.25, -0.2) is 8.42 Å². The van der Waals surface area contributed by atoms with E-state index >= 15 is 0 Å². The van der Waals surface area contributed by atoms with Gasteiger partial charge in [-0.05, 0) is 43.7 Å². The van der Waals surface area contributed by atoms with E-state index in [1.165, 1.54) is 56.1 Å². The van der Waals surface area contributed by atoms with Gasteiger partial charge in [-0.1, -0.05) is 24.3 Å². The maximum absolute atomic E-state index is 13.1. The minimum absolute atomic E-state index is 0.0553. The van der Waals surface area contributed by atoms with Gasteiger partial charge in [0, 0.05) is 19.5 Å². The highest BCUT2D eigenvalue weighted by molar-refractivity contribution is 7.92. The Morgan fingerprint density at radius 3 is 2.25 bits per heavy atom. The molecule has 1 heterocycles. The van der Waals surface area contributed by atoms with Crippen LogP contribution < -0.4 is 5.32 Å². The first-order valence-corrected chi connectivity index (χ1v) is 11.4. The van der Waals surface area contributed by atoms with Crippen LogP contribution in [0.2, 0.25) is 0 Å². The molecule has 1 N–H and O–H groups in total. The first-order chi connectivity index (χ1) is 14.8. The number of sulfone groups is 1. The molecule has 2 amide bonds. The van der Waals surface area contributed by atoms with E-state index in [4.69, 9.17) is 0 Å².